The van der Waals surface area contributed by atoms with Crippen molar-refractivity contribution in [2.45, 2.75) is 139 Å². The van der Waals surface area contributed by atoms with Crippen LogP contribution in [0.15, 0.2) is 109 Å². The molecule has 334 valence electrons. The van der Waals surface area contributed by atoms with Crippen molar-refractivity contribution in [1.82, 2.24) is 0 Å². The van der Waals surface area contributed by atoms with E-state index in [2.05, 4.69) is 145 Å². The quantitative estimate of drug-likeness (QED) is 0.135. The Morgan fingerprint density at radius 2 is 0.667 bits per heavy atom. The zero-order valence-electron chi connectivity index (χ0n) is 41.2. The molecule has 0 aliphatic heterocycles. The Labute approximate surface area is 380 Å². The number of hydrogen-bond donors (Lipinski definition) is 2. The summed E-state index contributed by atoms with van der Waals surface area (Å²) in [6, 6.07) is 37.6. The maximum absolute atomic E-state index is 12.0. The largest absolute Gasteiger partial charge is 0.507 e. The number of benzene rings is 6. The molecule has 0 spiro atoms. The molecular formula is C59H74O4. The minimum absolute atomic E-state index is 0.0493. The van der Waals surface area contributed by atoms with Gasteiger partial charge in [0.25, 0.3) is 0 Å². The number of aromatic hydroxyl groups is 2. The van der Waals surface area contributed by atoms with Crippen LogP contribution in [-0.2, 0) is 21.7 Å². The normalized spacial score (nSPS) is 12.1. The van der Waals surface area contributed by atoms with E-state index in [0.717, 1.165) is 55.6 Å². The van der Waals surface area contributed by atoms with Crippen LogP contribution < -0.4 is 9.47 Å². The van der Waals surface area contributed by atoms with Gasteiger partial charge in [0.2, 0.25) is 0 Å². The summed E-state index contributed by atoms with van der Waals surface area (Å²) in [4.78, 5) is 0. The molecule has 0 atom stereocenters. The molecule has 2 N–H and O–H groups in total. The van der Waals surface area contributed by atoms with Crippen LogP contribution in [0.25, 0.3) is 44.5 Å². The molecule has 0 bridgehead atoms. The Kier molecular flexibility index (Phi) is 14.7. The second-order valence-corrected chi connectivity index (χ2v) is 21.1. The van der Waals surface area contributed by atoms with E-state index in [1.807, 2.05) is 74.5 Å². The topological polar surface area (TPSA) is 58.9 Å². The SMILES string of the molecule is CC.Cc1cc(-c2cc(C(C)(C)C)cc(C(C)(C)C)c2)c(O)c(-c2ccccc2OCCCOc2ccccc2-c2cc(C)cc(-c3cc(C(C)(C)C)cc(C(C)(C)C)c3)c2O)c1. The number of phenols is 2. The van der Waals surface area contributed by atoms with Gasteiger partial charge in [-0.1, -0.05) is 170 Å². The Bertz CT molecular complexity index is 2290. The lowest BCUT2D eigenvalue weighted by Crippen LogP contribution is -2.16. The number of hydrogen-bond acceptors (Lipinski definition) is 4. The lowest BCUT2D eigenvalue weighted by molar-refractivity contribution is 0.248. The van der Waals surface area contributed by atoms with E-state index in [9.17, 15) is 10.2 Å². The summed E-state index contributed by atoms with van der Waals surface area (Å²) in [5, 5.41) is 24.0. The summed E-state index contributed by atoms with van der Waals surface area (Å²) in [6.45, 7) is 35.8. The molecule has 0 amide bonds. The van der Waals surface area contributed by atoms with Crippen LogP contribution in [0.1, 0.15) is 137 Å². The summed E-state index contributed by atoms with van der Waals surface area (Å²) in [5.41, 5.74) is 13.7. The van der Waals surface area contributed by atoms with Gasteiger partial charge < -0.3 is 19.7 Å². The van der Waals surface area contributed by atoms with Crippen LogP contribution >= 0.6 is 0 Å². The van der Waals surface area contributed by atoms with E-state index in [0.29, 0.717) is 31.1 Å². The Morgan fingerprint density at radius 1 is 0.381 bits per heavy atom. The number of para-hydroxylation sites is 2. The summed E-state index contributed by atoms with van der Waals surface area (Å²) >= 11 is 0. The minimum Gasteiger partial charge on any atom is -0.507 e. The predicted octanol–water partition coefficient (Wildman–Crippen LogP) is 16.4. The third kappa shape index (κ3) is 11.6. The van der Waals surface area contributed by atoms with Crippen molar-refractivity contribution in [3.63, 3.8) is 0 Å². The lowest BCUT2D eigenvalue weighted by Gasteiger charge is -2.26. The van der Waals surface area contributed by atoms with E-state index in [1.165, 1.54) is 22.3 Å². The van der Waals surface area contributed by atoms with Crippen molar-refractivity contribution in [1.29, 1.82) is 0 Å². The van der Waals surface area contributed by atoms with E-state index in [-0.39, 0.29) is 33.2 Å². The summed E-state index contributed by atoms with van der Waals surface area (Å²) < 4.78 is 12.9. The van der Waals surface area contributed by atoms with Crippen molar-refractivity contribution in [2.24, 2.45) is 0 Å². The monoisotopic (exact) mass is 847 g/mol. The van der Waals surface area contributed by atoms with Crippen LogP contribution in [0.5, 0.6) is 23.0 Å². The molecule has 6 aromatic carbocycles. The third-order valence-corrected chi connectivity index (χ3v) is 11.6. The highest BCUT2D eigenvalue weighted by Gasteiger charge is 2.25. The zero-order valence-corrected chi connectivity index (χ0v) is 41.2. The molecular weight excluding hydrogens is 773 g/mol. The molecule has 0 unspecified atom stereocenters. The number of ether oxygens (including phenoxy) is 2. The molecule has 0 saturated heterocycles. The van der Waals surface area contributed by atoms with Crippen LogP contribution in [0.2, 0.25) is 0 Å². The minimum atomic E-state index is -0.0493. The molecule has 4 nitrogen and oxygen atoms in total. The van der Waals surface area contributed by atoms with Gasteiger partial charge in [0, 0.05) is 39.8 Å². The van der Waals surface area contributed by atoms with Gasteiger partial charge in [-0.3, -0.25) is 0 Å². The van der Waals surface area contributed by atoms with E-state index in [4.69, 9.17) is 9.47 Å². The maximum Gasteiger partial charge on any atom is 0.131 e. The van der Waals surface area contributed by atoms with Gasteiger partial charge in [-0.2, -0.15) is 0 Å². The number of rotatable bonds is 10. The van der Waals surface area contributed by atoms with Gasteiger partial charge in [-0.05, 0) is 116 Å². The Morgan fingerprint density at radius 3 is 0.968 bits per heavy atom. The fourth-order valence-corrected chi connectivity index (χ4v) is 7.76. The predicted molar refractivity (Wildman–Crippen MR) is 269 cm³/mol. The van der Waals surface area contributed by atoms with E-state index >= 15 is 0 Å². The average molecular weight is 847 g/mol. The van der Waals surface area contributed by atoms with Gasteiger partial charge in [0.05, 0.1) is 13.2 Å². The van der Waals surface area contributed by atoms with Crippen molar-refractivity contribution in [3.8, 4) is 67.5 Å². The average Bonchev–Trinajstić information content (AvgIpc) is 3.21. The zero-order chi connectivity index (χ0) is 46.7. The standard InChI is InChI=1S/C57H68O4.C2H6/c1-36-26-46(38-30-40(54(3,4)5)34-41(31-38)55(6,7)8)52(58)48(28-36)44-20-15-17-22-50(44)60-24-19-25-61-51-23-18-16-21-45(51)49-29-37(2)27-47(53(49)59)39-32-42(56(9,10)11)35-43(33-39)57(12,13)14;1-2/h15-18,20-23,26-35,58-59H,19,24-25H2,1-14H3;1-2H3. The number of phenolic OH excluding ortho intramolecular Hbond substituents is 2. The summed E-state index contributed by atoms with van der Waals surface area (Å²) in [7, 11) is 0. The van der Waals surface area contributed by atoms with Crippen LogP contribution in [0.4, 0.5) is 0 Å². The first-order valence-corrected chi connectivity index (χ1v) is 22.9. The molecule has 6 aromatic rings. The molecule has 0 saturated carbocycles. The maximum atomic E-state index is 12.0. The summed E-state index contributed by atoms with van der Waals surface area (Å²) in [5.74, 6) is 1.89. The molecule has 0 radical (unpaired) electrons. The van der Waals surface area contributed by atoms with Gasteiger partial charge in [0.1, 0.15) is 23.0 Å². The second kappa shape index (κ2) is 19.1. The molecule has 0 aliphatic carbocycles. The van der Waals surface area contributed by atoms with Crippen molar-refractivity contribution < 1.29 is 19.7 Å². The van der Waals surface area contributed by atoms with Crippen LogP contribution in [0.3, 0.4) is 0 Å². The summed E-state index contributed by atoms with van der Waals surface area (Å²) in [6.07, 6.45) is 0.628. The first-order chi connectivity index (χ1) is 29.4. The third-order valence-electron chi connectivity index (χ3n) is 11.6. The highest BCUT2D eigenvalue weighted by atomic mass is 16.5. The Hall–Kier alpha value is -5.48. The molecule has 6 rings (SSSR count). The van der Waals surface area contributed by atoms with Gasteiger partial charge in [0.15, 0.2) is 0 Å². The molecule has 0 aromatic heterocycles. The number of aryl methyl sites for hydroxylation is 2. The first kappa shape index (κ1) is 48.6. The van der Waals surface area contributed by atoms with Crippen LogP contribution in [-0.4, -0.2) is 23.4 Å². The highest BCUT2D eigenvalue weighted by molar-refractivity contribution is 5.87. The molecule has 0 fully saturated rings. The van der Waals surface area contributed by atoms with E-state index < -0.39 is 0 Å². The molecule has 0 heterocycles. The molecule has 63 heavy (non-hydrogen) atoms. The Balaban J connectivity index is 0.00000369. The molecule has 4 heteroatoms. The highest BCUT2D eigenvalue weighted by Crippen LogP contribution is 2.46. The molecule has 0 aliphatic rings. The first-order valence-electron chi connectivity index (χ1n) is 22.9. The van der Waals surface area contributed by atoms with Crippen LogP contribution in [0, 0.1) is 13.8 Å². The second-order valence-electron chi connectivity index (χ2n) is 21.1. The fourth-order valence-electron chi connectivity index (χ4n) is 7.76. The van der Waals surface area contributed by atoms with Crippen molar-refractivity contribution >= 4 is 0 Å². The van der Waals surface area contributed by atoms with Gasteiger partial charge >= 0.3 is 0 Å². The lowest BCUT2D eigenvalue weighted by atomic mass is 9.78. The smallest absolute Gasteiger partial charge is 0.131 e. The van der Waals surface area contributed by atoms with Gasteiger partial charge in [-0.25, -0.2) is 0 Å². The van der Waals surface area contributed by atoms with Crippen molar-refractivity contribution in [3.05, 3.63) is 143 Å². The van der Waals surface area contributed by atoms with E-state index in [1.54, 1.807) is 0 Å². The fraction of sp³-hybridized carbons (Fsp3) is 0.390. The van der Waals surface area contributed by atoms with Crippen molar-refractivity contribution in [2.75, 3.05) is 13.2 Å². The van der Waals surface area contributed by atoms with Gasteiger partial charge in [-0.15, -0.1) is 0 Å².